The first-order valence-electron chi connectivity index (χ1n) is 10.5. The van der Waals surface area contributed by atoms with Gasteiger partial charge in [0, 0.05) is 22.1 Å². The fourth-order valence-corrected chi connectivity index (χ4v) is 3.68. The molecular weight excluding hydrogens is 476 g/mol. The molecule has 8 bridgehead atoms. The zero-order chi connectivity index (χ0) is 23.5. The fraction of sp³-hybridized carbons (Fsp3) is 0. The Labute approximate surface area is 203 Å². The van der Waals surface area contributed by atoms with Crippen LogP contribution in [0.3, 0.4) is 0 Å². The molecule has 6 rings (SSSR count). The van der Waals surface area contributed by atoms with Crippen molar-refractivity contribution >= 4 is 56.8 Å². The van der Waals surface area contributed by atoms with Gasteiger partial charge < -0.3 is 9.97 Å². The van der Waals surface area contributed by atoms with Crippen molar-refractivity contribution in [1.29, 1.82) is 0 Å². The van der Waals surface area contributed by atoms with Crippen LogP contribution in [0.2, 0.25) is 0 Å². The van der Waals surface area contributed by atoms with Crippen LogP contribution in [0.25, 0.3) is 46.4 Å². The summed E-state index contributed by atoms with van der Waals surface area (Å²) in [5, 5.41) is 8.44. The molecule has 2 aliphatic heterocycles. The van der Waals surface area contributed by atoms with Crippen LogP contribution in [0.4, 0.5) is 0 Å². The van der Waals surface area contributed by atoms with Crippen molar-refractivity contribution in [2.24, 2.45) is 0 Å². The molecule has 0 aliphatic carbocycles. The van der Waals surface area contributed by atoms with Crippen LogP contribution in [-0.2, 0) is 16.0 Å². The number of benzene rings is 1. The number of hydrogen-bond acceptors (Lipinski definition) is 3. The Kier molecular flexibility index (Phi) is 5.95. The van der Waals surface area contributed by atoms with E-state index in [0.29, 0.717) is 4.46 Å². The van der Waals surface area contributed by atoms with E-state index in [0.717, 1.165) is 44.8 Å². The number of aromatic amines is 2. The molecule has 0 saturated carbocycles. The Morgan fingerprint density at radius 1 is 0.618 bits per heavy atom. The van der Waals surface area contributed by atoms with Crippen molar-refractivity contribution in [3.63, 3.8) is 0 Å². The number of hydrogen-bond donors (Lipinski definition) is 3. The van der Waals surface area contributed by atoms with Crippen LogP contribution in [0, 0.1) is 0 Å². The molecule has 0 fully saturated rings. The van der Waals surface area contributed by atoms with Crippen LogP contribution in [-0.4, -0.2) is 31.0 Å². The monoisotopic (exact) mass is 494 g/mol. The Bertz CT molecular complexity index is 1420. The van der Waals surface area contributed by atoms with E-state index in [9.17, 15) is 4.79 Å². The molecule has 3 N–H and O–H groups in total. The van der Waals surface area contributed by atoms with Gasteiger partial charge in [-0.1, -0.05) is 0 Å². The van der Waals surface area contributed by atoms with E-state index < -0.39 is 5.97 Å². The molecule has 7 heteroatoms. The van der Waals surface area contributed by atoms with Crippen molar-refractivity contribution in [1.82, 2.24) is 19.9 Å². The maximum absolute atomic E-state index is 10.3. The SMILES string of the molecule is C1=Cc2cc3ccc(cc4nc(cc5ccc(cc1n2)[nH]5)C=C4)[nH]3.O=C(O)c1cc[c]([Cu])cc1. The summed E-state index contributed by atoms with van der Waals surface area (Å²) < 4.78 is 0.637. The predicted molar refractivity (Wildman–Crippen MR) is 132 cm³/mol. The van der Waals surface area contributed by atoms with Gasteiger partial charge in [0.05, 0.1) is 22.8 Å². The van der Waals surface area contributed by atoms with Crippen molar-refractivity contribution < 1.29 is 25.9 Å². The number of nitrogens with zero attached hydrogens (tertiary/aromatic N) is 2. The third-order valence-electron chi connectivity index (χ3n) is 5.11. The molecule has 0 spiro atoms. The Morgan fingerprint density at radius 2 is 0.971 bits per heavy atom. The van der Waals surface area contributed by atoms with Gasteiger partial charge in [-0.3, -0.25) is 0 Å². The number of fused-ring (bicyclic) bond motifs is 8. The quantitative estimate of drug-likeness (QED) is 0.273. The Morgan fingerprint density at radius 3 is 1.29 bits per heavy atom. The summed E-state index contributed by atoms with van der Waals surface area (Å²) in [4.78, 5) is 26.3. The van der Waals surface area contributed by atoms with E-state index in [2.05, 4.69) is 44.2 Å². The van der Waals surface area contributed by atoms with Gasteiger partial charge in [-0.05, 0) is 72.8 Å². The number of nitrogens with one attached hydrogen (secondary N) is 2. The van der Waals surface area contributed by atoms with Gasteiger partial charge in [0.25, 0.3) is 0 Å². The second kappa shape index (κ2) is 9.35. The van der Waals surface area contributed by atoms with E-state index >= 15 is 0 Å². The molecule has 3 aromatic heterocycles. The van der Waals surface area contributed by atoms with Crippen LogP contribution >= 0.6 is 0 Å². The second-order valence-electron chi connectivity index (χ2n) is 7.67. The minimum atomic E-state index is -0.924. The van der Waals surface area contributed by atoms with E-state index in [1.54, 1.807) is 12.1 Å². The second-order valence-corrected chi connectivity index (χ2v) is 8.22. The zero-order valence-corrected chi connectivity index (χ0v) is 18.7. The molecule has 6 nitrogen and oxygen atoms in total. The third-order valence-corrected chi connectivity index (χ3v) is 5.42. The van der Waals surface area contributed by atoms with Gasteiger partial charge in [-0.15, -0.1) is 0 Å². The van der Waals surface area contributed by atoms with Gasteiger partial charge in [-0.25, -0.2) is 9.97 Å². The summed E-state index contributed by atoms with van der Waals surface area (Å²) in [7, 11) is 0. The summed E-state index contributed by atoms with van der Waals surface area (Å²) >= 11 is 4.91. The number of aromatic carboxylic acids is 1. The predicted octanol–water partition coefficient (Wildman–Crippen LogP) is 5.21. The first kappa shape index (κ1) is 21.6. The molecule has 170 valence electrons. The maximum atomic E-state index is 10.3. The molecule has 0 radical (unpaired) electrons. The van der Waals surface area contributed by atoms with E-state index in [1.165, 1.54) is 12.1 Å². The molecule has 5 heterocycles. The summed E-state index contributed by atoms with van der Waals surface area (Å²) in [6.07, 6.45) is 8.09. The summed E-state index contributed by atoms with van der Waals surface area (Å²) in [6, 6.07) is 22.5. The average molecular weight is 495 g/mol. The Hall–Kier alpha value is -4.19. The van der Waals surface area contributed by atoms with Crippen LogP contribution in [0.5, 0.6) is 0 Å². The van der Waals surface area contributed by atoms with Crippen molar-refractivity contribution in [2.45, 2.75) is 0 Å². The molecular formula is C27H19CuN4O2. The van der Waals surface area contributed by atoms with Crippen LogP contribution in [0.1, 0.15) is 33.1 Å². The third kappa shape index (κ3) is 5.23. The van der Waals surface area contributed by atoms with Crippen molar-refractivity contribution in [3.8, 4) is 0 Å². The number of carboxylic acids is 1. The van der Waals surface area contributed by atoms with Gasteiger partial charge in [0.2, 0.25) is 0 Å². The number of rotatable bonds is 1. The van der Waals surface area contributed by atoms with E-state index in [1.807, 2.05) is 48.6 Å². The first-order chi connectivity index (χ1) is 16.5. The first-order valence-corrected chi connectivity index (χ1v) is 11.0. The Balaban J connectivity index is 0.000000204. The van der Waals surface area contributed by atoms with Crippen molar-refractivity contribution in [2.75, 3.05) is 0 Å². The summed E-state index contributed by atoms with van der Waals surface area (Å²) in [6.45, 7) is 0. The van der Waals surface area contributed by atoms with E-state index in [4.69, 9.17) is 21.1 Å². The molecule has 0 unspecified atom stereocenters. The molecule has 0 atom stereocenters. The topological polar surface area (TPSA) is 94.7 Å². The number of carboxylic acid groups (broad SMARTS) is 1. The standard InChI is InChI=1S/C20H14N4.C7H5O2.Cu/c1-2-14-10-16-5-6-18(23-16)12-20-8-7-19(24-20)11-17-4-3-15(22-17)9-13(1)21-14;8-7(9)6-4-2-1-3-5-6;/h1-12,21,24H;2-5H,(H,8,9);. The van der Waals surface area contributed by atoms with Gasteiger partial charge in [0.15, 0.2) is 0 Å². The van der Waals surface area contributed by atoms with Crippen LogP contribution in [0.15, 0.2) is 72.8 Å². The fourth-order valence-electron chi connectivity index (χ4n) is 3.52. The van der Waals surface area contributed by atoms with Gasteiger partial charge in [-0.2, -0.15) is 0 Å². The summed E-state index contributed by atoms with van der Waals surface area (Å²) in [5.74, 6) is -0.924. The summed E-state index contributed by atoms with van der Waals surface area (Å²) in [5.41, 5.74) is 8.13. The van der Waals surface area contributed by atoms with Crippen LogP contribution < -0.4 is 4.46 Å². The number of aromatic nitrogens is 4. The van der Waals surface area contributed by atoms with Gasteiger partial charge in [0.1, 0.15) is 0 Å². The number of H-pyrrole nitrogens is 2. The molecule has 4 aromatic rings. The molecule has 34 heavy (non-hydrogen) atoms. The minimum absolute atomic E-state index is 0.269. The molecule has 0 saturated heterocycles. The average Bonchev–Trinajstić information content (AvgIpc) is 3.60. The molecule has 1 aromatic carbocycles. The van der Waals surface area contributed by atoms with Gasteiger partial charge >= 0.3 is 66.2 Å². The zero-order valence-electron chi connectivity index (χ0n) is 17.8. The normalized spacial score (nSPS) is 11.7. The number of carbonyl (C=O) groups is 1. The van der Waals surface area contributed by atoms with E-state index in [-0.39, 0.29) is 5.56 Å². The molecule has 0 amide bonds. The van der Waals surface area contributed by atoms with Crippen molar-refractivity contribution in [3.05, 3.63) is 101 Å². The molecule has 2 aliphatic rings.